The van der Waals surface area contributed by atoms with Gasteiger partial charge in [-0.15, -0.1) is 0 Å². The van der Waals surface area contributed by atoms with Crippen molar-refractivity contribution in [3.8, 4) is 17.2 Å². The molecular weight excluding hydrogens is 1630 g/mol. The van der Waals surface area contributed by atoms with Gasteiger partial charge in [0, 0.05) is 82.6 Å². The maximum atomic E-state index is 14.7. The number of carboxylic acid groups (broad SMARTS) is 1. The molecule has 0 spiro atoms. The van der Waals surface area contributed by atoms with Crippen LogP contribution in [0.1, 0.15) is 127 Å². The first-order chi connectivity index (χ1) is 57.3. The lowest BCUT2D eigenvalue weighted by molar-refractivity contribution is -0.142. The summed E-state index contributed by atoms with van der Waals surface area (Å²) < 4.78 is 0. The first-order valence-corrected chi connectivity index (χ1v) is 42.4. The summed E-state index contributed by atoms with van der Waals surface area (Å²) in [5.41, 5.74) is 31.2. The zero-order valence-electron chi connectivity index (χ0n) is 68.4. The van der Waals surface area contributed by atoms with Crippen LogP contribution in [-0.2, 0) is 104 Å². The Morgan fingerprint density at radius 2 is 1.10 bits per heavy atom. The molecule has 2 aliphatic rings. The molecule has 27 N–H and O–H groups in total. The van der Waals surface area contributed by atoms with Crippen LogP contribution in [0, 0.1) is 11.8 Å². The number of benzene rings is 4. The second-order valence-electron chi connectivity index (χ2n) is 30.1. The summed E-state index contributed by atoms with van der Waals surface area (Å²) in [7, 11) is 2.31. The van der Waals surface area contributed by atoms with Crippen LogP contribution < -0.4 is 92.5 Å². The number of aliphatic hydroxyl groups is 1. The normalized spacial score (nSPS) is 19.3. The Morgan fingerprint density at radius 3 is 1.64 bits per heavy atom. The van der Waals surface area contributed by atoms with Gasteiger partial charge in [0.2, 0.25) is 82.7 Å². The van der Waals surface area contributed by atoms with Gasteiger partial charge in [0.25, 0.3) is 0 Å². The molecular formula is C80H115ClN18O20S2. The highest BCUT2D eigenvalue weighted by Crippen LogP contribution is 2.28. The van der Waals surface area contributed by atoms with Crippen LogP contribution in [0.3, 0.4) is 0 Å². The average Bonchev–Trinajstić information content (AvgIpc) is 1.68. The number of carboxylic acids is 1. The molecule has 4 aromatic carbocycles. The Balaban J connectivity index is 0.000000464. The molecule has 0 saturated carbocycles. The van der Waals surface area contributed by atoms with Crippen LogP contribution in [0.2, 0.25) is 5.02 Å². The van der Waals surface area contributed by atoms with E-state index in [1.807, 2.05) is 20.8 Å². The lowest BCUT2D eigenvalue weighted by Crippen LogP contribution is -2.60. The van der Waals surface area contributed by atoms with Crippen molar-refractivity contribution in [2.24, 2.45) is 40.5 Å². The minimum absolute atomic E-state index is 0.0354. The quantitative estimate of drug-likeness (QED) is 0.0214. The van der Waals surface area contributed by atoms with Crippen molar-refractivity contribution < 1.29 is 97.5 Å². The molecule has 0 aromatic heterocycles. The number of hydrogen-bond donors (Lipinski definition) is 22. The van der Waals surface area contributed by atoms with E-state index >= 15 is 0 Å². The molecule has 4 aromatic rings. The number of hydrogen-bond acceptors (Lipinski definition) is 25. The van der Waals surface area contributed by atoms with Gasteiger partial charge in [-0.25, -0.2) is 0 Å². The Hall–Kier alpha value is -10.9. The lowest BCUT2D eigenvalue weighted by Gasteiger charge is -2.31. The number of fused-ring (bicyclic) bond motifs is 1. The summed E-state index contributed by atoms with van der Waals surface area (Å²) in [5, 5.41) is 81.8. The van der Waals surface area contributed by atoms with E-state index in [1.165, 1.54) is 72.3 Å². The van der Waals surface area contributed by atoms with Crippen molar-refractivity contribution in [3.05, 3.63) is 124 Å². The topological polar surface area (TPSA) is 635 Å². The van der Waals surface area contributed by atoms with E-state index in [1.54, 1.807) is 50.2 Å². The molecule has 0 radical (unpaired) electrons. The van der Waals surface area contributed by atoms with Gasteiger partial charge in [-0.1, -0.05) is 122 Å². The van der Waals surface area contributed by atoms with Crippen LogP contribution in [0.15, 0.2) is 91.0 Å². The summed E-state index contributed by atoms with van der Waals surface area (Å²) in [6, 6.07) is 9.25. The lowest BCUT2D eigenvalue weighted by atomic mass is 9.96. The van der Waals surface area contributed by atoms with E-state index in [9.17, 15) is 97.5 Å². The van der Waals surface area contributed by atoms with Gasteiger partial charge in [-0.05, 0) is 128 Å². The third kappa shape index (κ3) is 35.4. The Bertz CT molecular complexity index is 4200. The number of nitrogens with one attached hydrogen (secondary N) is 12. The third-order valence-corrected chi connectivity index (χ3v) is 22.3. The fourth-order valence-electron chi connectivity index (χ4n) is 12.5. The van der Waals surface area contributed by atoms with Crippen molar-refractivity contribution in [3.63, 3.8) is 0 Å². The molecule has 14 atom stereocenters. The van der Waals surface area contributed by atoms with Crippen molar-refractivity contribution in [1.29, 1.82) is 0 Å². The summed E-state index contributed by atoms with van der Waals surface area (Å²) >= 11 is 6.15. The molecule has 14 amide bonds. The van der Waals surface area contributed by atoms with Crippen molar-refractivity contribution >= 4 is 122 Å². The SMILES string of the molecule is CC(C)C[C@@H]1NC(=O)CNC(=O)[C@H](Cc2ccc(O)c(Cl)c2)NC(=O)C2CC(O)CN2C(=O)[C@@H](NC(=O)[C@@H](CCC(=O)O)NC(=O)[C@H](Cc2ccc(O)cc2)NC(=O)[C@@H](N)CCN)CSSC[C@@H](C)NC1=O.CCC(C)[C@H](NC(=O)[C@H](Cc1ccc(O)cc1)NC(C)=O)C(=O)N[C@@H](CCC(N)=O)C(=O)NCc1ccc(CNC(=O)[C@@H](N)CCN)cc1. The Kier molecular flexibility index (Phi) is 42.5. The minimum atomic E-state index is -1.62. The van der Waals surface area contributed by atoms with Crippen LogP contribution in [0.5, 0.6) is 17.2 Å². The van der Waals surface area contributed by atoms with Gasteiger partial charge in [0.1, 0.15) is 71.6 Å². The first kappa shape index (κ1) is 101. The zero-order valence-corrected chi connectivity index (χ0v) is 70.7. The Labute approximate surface area is 713 Å². The largest absolute Gasteiger partial charge is 0.508 e. The monoisotopic (exact) mass is 1750 g/mol. The van der Waals surface area contributed by atoms with Crippen molar-refractivity contribution in [1.82, 2.24) is 68.7 Å². The number of carbonyl (C=O) groups is 15. The summed E-state index contributed by atoms with van der Waals surface area (Å²) in [4.78, 5) is 200. The number of nitrogens with two attached hydrogens (primary N) is 5. The number of aromatic hydroxyl groups is 3. The van der Waals surface area contributed by atoms with Gasteiger partial charge >= 0.3 is 5.97 Å². The maximum Gasteiger partial charge on any atom is 0.303 e. The van der Waals surface area contributed by atoms with Gasteiger partial charge in [0.05, 0.1) is 29.8 Å². The van der Waals surface area contributed by atoms with Gasteiger partial charge in [0.15, 0.2) is 0 Å². The number of amides is 14. The molecule has 121 heavy (non-hydrogen) atoms. The average molecular weight is 1750 g/mol. The Morgan fingerprint density at radius 1 is 0.587 bits per heavy atom. The van der Waals surface area contributed by atoms with Crippen LogP contribution in [0.25, 0.3) is 0 Å². The predicted octanol–water partition coefficient (Wildman–Crippen LogP) is -2.15. The molecule has 2 saturated heterocycles. The molecule has 2 heterocycles. The van der Waals surface area contributed by atoms with E-state index in [4.69, 9.17) is 40.3 Å². The standard InChI is InChI=1S/C46H65ClN10O13S2.C34H50N8O7/c1-23(2)14-32-43(67)51-24(3)21-71-72-22-35(56-42(66)31(9-11-39(62)63)53-44(68)34(54-40(64)30(49)12-13-48)16-25-4-7-27(58)8-5-25)46(70)57-20-28(59)18-36(57)45(69)55-33(41(65)50-19-38(61)52-32)17-26-6-10-37(60)29(47)15-26;1-4-20(2)30(42-33(48)28(40-21(3)43)17-22-9-11-25(44)12-10-22)34(49)41-27(13-14-29(37)45)32(47)39-19-24-7-5-23(6-8-24)18-38-31(46)26(36)15-16-35/h4-8,10,15,23-24,28,30-36,58-60H,9,11-14,16-22,48-49H2,1-3H3,(H,50,65)(H,51,67)(H,52,61)(H,53,68)(H,54,64)(H,55,69)(H,56,66)(H,62,63);5-12,20,26-28,30,44H,4,13-19,35-36H2,1-3H3,(H2,37,45)(H,38,46)(H,39,47)(H,40,43)(H,41,49)(H,42,48)/t24-,28?,30+,31-,32+,33+,34+,35+,36?;20?,26-,27-,28-,30-/m10/s1. The summed E-state index contributed by atoms with van der Waals surface area (Å²) in [5.74, 6) is -11.6. The highest BCUT2D eigenvalue weighted by atomic mass is 35.5. The highest BCUT2D eigenvalue weighted by Gasteiger charge is 2.44. The maximum absolute atomic E-state index is 14.7. The fourth-order valence-corrected chi connectivity index (χ4v) is 15.2. The predicted molar refractivity (Wildman–Crippen MR) is 451 cm³/mol. The number of carbonyl (C=O) groups excluding carboxylic acids is 14. The molecule has 0 aliphatic carbocycles. The minimum Gasteiger partial charge on any atom is -0.508 e. The number of halogens is 1. The molecule has 0 bridgehead atoms. The second kappa shape index (κ2) is 51.0. The van der Waals surface area contributed by atoms with Gasteiger partial charge < -0.3 is 123 Å². The van der Waals surface area contributed by atoms with E-state index in [-0.39, 0.29) is 123 Å². The smallest absolute Gasteiger partial charge is 0.303 e. The van der Waals surface area contributed by atoms with Crippen molar-refractivity contribution in [2.75, 3.05) is 37.7 Å². The molecule has 2 fully saturated rings. The molecule has 2 aliphatic heterocycles. The highest BCUT2D eigenvalue weighted by molar-refractivity contribution is 8.76. The van der Waals surface area contributed by atoms with Gasteiger partial charge in [-0.3, -0.25) is 71.9 Å². The van der Waals surface area contributed by atoms with E-state index < -0.39 is 187 Å². The summed E-state index contributed by atoms with van der Waals surface area (Å²) in [6.45, 7) is 10.1. The van der Waals surface area contributed by atoms with Crippen LogP contribution in [-0.4, -0.2) is 235 Å². The first-order valence-electron chi connectivity index (χ1n) is 39.6. The van der Waals surface area contributed by atoms with Crippen LogP contribution >= 0.6 is 33.2 Å². The van der Waals surface area contributed by atoms with E-state index in [2.05, 4.69) is 63.8 Å². The van der Waals surface area contributed by atoms with E-state index in [0.717, 1.165) is 26.8 Å². The number of phenols is 3. The number of aliphatic hydroxyl groups excluding tert-OH is 1. The van der Waals surface area contributed by atoms with Crippen molar-refractivity contribution in [2.45, 2.75) is 210 Å². The third-order valence-electron chi connectivity index (χ3n) is 19.4. The second-order valence-corrected chi connectivity index (χ2v) is 33.0. The van der Waals surface area contributed by atoms with E-state index in [0.29, 0.717) is 36.1 Å². The van der Waals surface area contributed by atoms with Crippen LogP contribution in [0.4, 0.5) is 0 Å². The molecule has 41 heteroatoms. The molecule has 3 unspecified atom stereocenters. The molecule has 664 valence electrons. The number of phenolic OH excluding ortho intramolecular Hbond substituents is 3. The number of primary amides is 1. The molecule has 6 rings (SSSR count). The fraction of sp³-hybridized carbons (Fsp3) is 0.512. The van der Waals surface area contributed by atoms with Gasteiger partial charge in [-0.2, -0.15) is 0 Å². The number of aliphatic carboxylic acids is 1. The zero-order chi connectivity index (χ0) is 89.7. The number of nitrogens with zero attached hydrogens (tertiary/aromatic N) is 1. The molecule has 38 nitrogen and oxygen atoms in total. The summed E-state index contributed by atoms with van der Waals surface area (Å²) in [6.07, 6.45) is -2.00. The number of rotatable bonds is 37.